The fourth-order valence-electron chi connectivity index (χ4n) is 1.55. The third kappa shape index (κ3) is 2.48. The molecular formula is C12H17N3. The molecule has 0 bridgehead atoms. The van der Waals surface area contributed by atoms with E-state index in [9.17, 15) is 5.26 Å². The molecule has 0 aromatic carbocycles. The summed E-state index contributed by atoms with van der Waals surface area (Å²) >= 11 is 0. The summed E-state index contributed by atoms with van der Waals surface area (Å²) in [7, 11) is 0. The van der Waals surface area contributed by atoms with Gasteiger partial charge >= 0.3 is 0 Å². The van der Waals surface area contributed by atoms with Gasteiger partial charge in [0.15, 0.2) is 0 Å². The highest BCUT2D eigenvalue weighted by Crippen LogP contribution is 2.45. The second-order valence-electron chi connectivity index (χ2n) is 4.65. The minimum Gasteiger partial charge on any atom is -0.198 e. The number of nitrogens with zero attached hydrogens (tertiary/aromatic N) is 3. The average Bonchev–Trinajstić information content (AvgIpc) is 2.24. The molecule has 0 amide bonds. The molecule has 0 N–H and O–H groups in total. The van der Waals surface area contributed by atoms with Crippen molar-refractivity contribution in [1.29, 1.82) is 15.8 Å². The molecule has 2 atom stereocenters. The quantitative estimate of drug-likeness (QED) is 0.705. The molecule has 15 heavy (non-hydrogen) atoms. The average molecular weight is 203 g/mol. The molecule has 0 saturated heterocycles. The Morgan fingerprint density at radius 2 is 1.60 bits per heavy atom. The van der Waals surface area contributed by atoms with E-state index in [1.54, 1.807) is 20.8 Å². The summed E-state index contributed by atoms with van der Waals surface area (Å²) in [4.78, 5) is 0. The molecule has 3 nitrogen and oxygen atoms in total. The first-order valence-electron chi connectivity index (χ1n) is 5.05. The third-order valence-corrected chi connectivity index (χ3v) is 3.48. The first-order valence-corrected chi connectivity index (χ1v) is 5.05. The summed E-state index contributed by atoms with van der Waals surface area (Å²) in [5.74, 6) is 0.0387. The first-order chi connectivity index (χ1) is 6.85. The Labute approximate surface area is 91.9 Å². The molecule has 3 heteroatoms. The van der Waals surface area contributed by atoms with E-state index < -0.39 is 10.8 Å². The molecule has 0 aromatic rings. The lowest BCUT2D eigenvalue weighted by atomic mass is 9.61. The third-order valence-electron chi connectivity index (χ3n) is 3.48. The highest BCUT2D eigenvalue weighted by atomic mass is 14.5. The lowest BCUT2D eigenvalue weighted by Gasteiger charge is -2.38. The minimum atomic E-state index is -0.710. The van der Waals surface area contributed by atoms with Gasteiger partial charge in [0.1, 0.15) is 0 Å². The Bertz CT molecular complexity index is 337. The second kappa shape index (κ2) is 4.81. The lowest BCUT2D eigenvalue weighted by molar-refractivity contribution is 0.135. The number of rotatable bonds is 4. The zero-order chi connectivity index (χ0) is 12.1. The zero-order valence-electron chi connectivity index (χ0n) is 9.83. The van der Waals surface area contributed by atoms with E-state index in [2.05, 4.69) is 18.2 Å². The number of hydrogen-bond acceptors (Lipinski definition) is 3. The molecule has 0 aliphatic carbocycles. The van der Waals surface area contributed by atoms with Crippen molar-refractivity contribution in [2.45, 2.75) is 40.5 Å². The summed E-state index contributed by atoms with van der Waals surface area (Å²) in [6, 6.07) is 6.50. The molecule has 0 aliphatic heterocycles. The van der Waals surface area contributed by atoms with Gasteiger partial charge in [-0.1, -0.05) is 6.92 Å². The van der Waals surface area contributed by atoms with Crippen LogP contribution in [0.2, 0.25) is 0 Å². The standard InChI is InChI=1S/C12H17N3/c1-10(6-5-7-13)12(4,9-15)11(2,3)8-14/h10H,5-6H2,1-4H3. The van der Waals surface area contributed by atoms with Crippen LogP contribution in [0, 0.1) is 50.7 Å². The van der Waals surface area contributed by atoms with Crippen LogP contribution in [-0.2, 0) is 0 Å². The predicted octanol–water partition coefficient (Wildman–Crippen LogP) is 3.01. The number of nitriles is 3. The molecule has 0 aliphatic rings. The Morgan fingerprint density at radius 1 is 1.07 bits per heavy atom. The van der Waals surface area contributed by atoms with Crippen LogP contribution >= 0.6 is 0 Å². The minimum absolute atomic E-state index is 0.0387. The van der Waals surface area contributed by atoms with Gasteiger partial charge in [0.25, 0.3) is 0 Å². The highest BCUT2D eigenvalue weighted by molar-refractivity contribution is 5.15. The Kier molecular flexibility index (Phi) is 4.32. The van der Waals surface area contributed by atoms with Gasteiger partial charge < -0.3 is 0 Å². The van der Waals surface area contributed by atoms with E-state index in [0.29, 0.717) is 12.8 Å². The number of hydrogen-bond donors (Lipinski definition) is 0. The normalized spacial score (nSPS) is 16.6. The van der Waals surface area contributed by atoms with Gasteiger partial charge in [-0.3, -0.25) is 0 Å². The van der Waals surface area contributed by atoms with Crippen LogP contribution in [0.15, 0.2) is 0 Å². The van der Waals surface area contributed by atoms with E-state index in [-0.39, 0.29) is 5.92 Å². The summed E-state index contributed by atoms with van der Waals surface area (Å²) in [6.07, 6.45) is 1.09. The van der Waals surface area contributed by atoms with Crippen LogP contribution in [-0.4, -0.2) is 0 Å². The molecule has 0 heterocycles. The Hall–Kier alpha value is -1.53. The molecular weight excluding hydrogens is 186 g/mol. The van der Waals surface area contributed by atoms with E-state index in [1.165, 1.54) is 0 Å². The zero-order valence-corrected chi connectivity index (χ0v) is 9.83. The molecule has 0 spiro atoms. The van der Waals surface area contributed by atoms with Crippen LogP contribution in [0.5, 0.6) is 0 Å². The van der Waals surface area contributed by atoms with Gasteiger partial charge in [-0.25, -0.2) is 0 Å². The van der Waals surface area contributed by atoms with Gasteiger partial charge in [-0.05, 0) is 33.1 Å². The van der Waals surface area contributed by atoms with Crippen LogP contribution in [0.1, 0.15) is 40.5 Å². The Balaban J connectivity index is 4.99. The molecule has 80 valence electrons. The van der Waals surface area contributed by atoms with E-state index in [1.807, 2.05) is 6.92 Å². The first kappa shape index (κ1) is 13.5. The van der Waals surface area contributed by atoms with Crippen LogP contribution in [0.3, 0.4) is 0 Å². The maximum Gasteiger partial charge on any atom is 0.0752 e. The van der Waals surface area contributed by atoms with Gasteiger partial charge in [0, 0.05) is 6.42 Å². The van der Waals surface area contributed by atoms with Crippen molar-refractivity contribution in [2.24, 2.45) is 16.7 Å². The summed E-state index contributed by atoms with van der Waals surface area (Å²) in [5.41, 5.74) is -1.41. The van der Waals surface area contributed by atoms with E-state index >= 15 is 0 Å². The maximum absolute atomic E-state index is 9.24. The SMILES string of the molecule is CC(CCC#N)C(C)(C#N)C(C)(C)C#N. The van der Waals surface area contributed by atoms with Crippen molar-refractivity contribution in [3.63, 3.8) is 0 Å². The fraction of sp³-hybridized carbons (Fsp3) is 0.750. The second-order valence-corrected chi connectivity index (χ2v) is 4.65. The van der Waals surface area contributed by atoms with Crippen LogP contribution in [0.4, 0.5) is 0 Å². The van der Waals surface area contributed by atoms with Gasteiger partial charge in [-0.2, -0.15) is 15.8 Å². The smallest absolute Gasteiger partial charge is 0.0752 e. The van der Waals surface area contributed by atoms with Crippen molar-refractivity contribution in [1.82, 2.24) is 0 Å². The van der Waals surface area contributed by atoms with Crippen molar-refractivity contribution >= 4 is 0 Å². The van der Waals surface area contributed by atoms with Gasteiger partial charge in [0.2, 0.25) is 0 Å². The molecule has 0 aromatic heterocycles. The summed E-state index contributed by atoms with van der Waals surface area (Å²) < 4.78 is 0. The van der Waals surface area contributed by atoms with E-state index in [0.717, 1.165) is 0 Å². The van der Waals surface area contributed by atoms with Gasteiger partial charge in [-0.15, -0.1) is 0 Å². The molecule has 0 rings (SSSR count). The van der Waals surface area contributed by atoms with Crippen molar-refractivity contribution in [3.8, 4) is 18.2 Å². The molecule has 0 saturated carbocycles. The summed E-state index contributed by atoms with van der Waals surface area (Å²) in [6.45, 7) is 7.29. The lowest BCUT2D eigenvalue weighted by Crippen LogP contribution is -2.38. The van der Waals surface area contributed by atoms with E-state index in [4.69, 9.17) is 10.5 Å². The molecule has 2 unspecified atom stereocenters. The molecule has 0 fully saturated rings. The Morgan fingerprint density at radius 3 is 1.93 bits per heavy atom. The van der Waals surface area contributed by atoms with Crippen LogP contribution in [0.25, 0.3) is 0 Å². The largest absolute Gasteiger partial charge is 0.198 e. The molecule has 0 radical (unpaired) electrons. The van der Waals surface area contributed by atoms with Crippen molar-refractivity contribution in [3.05, 3.63) is 0 Å². The predicted molar refractivity (Wildman–Crippen MR) is 57.1 cm³/mol. The monoisotopic (exact) mass is 203 g/mol. The topological polar surface area (TPSA) is 71.4 Å². The maximum atomic E-state index is 9.24. The fourth-order valence-corrected chi connectivity index (χ4v) is 1.55. The summed E-state index contributed by atoms with van der Waals surface area (Å²) in [5, 5.41) is 26.8. The highest BCUT2D eigenvalue weighted by Gasteiger charge is 2.45. The van der Waals surface area contributed by atoms with Crippen LogP contribution < -0.4 is 0 Å². The van der Waals surface area contributed by atoms with Gasteiger partial charge in [0.05, 0.1) is 29.0 Å². The van der Waals surface area contributed by atoms with Crippen molar-refractivity contribution < 1.29 is 0 Å². The van der Waals surface area contributed by atoms with Crippen molar-refractivity contribution in [2.75, 3.05) is 0 Å².